The van der Waals surface area contributed by atoms with Gasteiger partial charge in [-0.05, 0) is 44.5 Å². The lowest BCUT2D eigenvalue weighted by Gasteiger charge is -2.18. The molecule has 0 aliphatic rings. The van der Waals surface area contributed by atoms with Crippen LogP contribution in [0, 0.1) is 0 Å². The molecule has 2 rings (SSSR count). The van der Waals surface area contributed by atoms with Crippen molar-refractivity contribution in [3.8, 4) is 10.4 Å². The second-order valence-corrected chi connectivity index (χ2v) is 7.39. The quantitative estimate of drug-likeness (QED) is 0.756. The summed E-state index contributed by atoms with van der Waals surface area (Å²) in [7, 11) is 0. The summed E-state index contributed by atoms with van der Waals surface area (Å²) in [5.74, 6) is -0.420. The number of nitrogen functional groups attached to an aromatic ring is 1. The van der Waals surface area contributed by atoms with E-state index in [0.29, 0.717) is 20.6 Å². The lowest BCUT2D eigenvalue weighted by molar-refractivity contribution is 0.00764. The molecular weight excluding hydrogens is 329 g/mol. The molecule has 0 spiro atoms. The highest BCUT2D eigenvalue weighted by molar-refractivity contribution is 7.18. The molecule has 0 saturated carbocycles. The Bertz CT molecular complexity index is 689. The number of thiophene rings is 1. The Labute approximate surface area is 137 Å². The first-order chi connectivity index (χ1) is 9.67. The fourth-order valence-corrected chi connectivity index (χ4v) is 2.93. The SMILES string of the molecule is CC(C)(C)OC(=O)c1sc(-c2ccc(Cl)c(Cl)c2)cc1N. The van der Waals surface area contributed by atoms with E-state index in [1.54, 1.807) is 18.2 Å². The number of anilines is 1. The number of carbonyl (C=O) groups excluding carboxylic acids is 1. The smallest absolute Gasteiger partial charge is 0.350 e. The average Bonchev–Trinajstić information content (AvgIpc) is 2.73. The van der Waals surface area contributed by atoms with E-state index in [1.807, 2.05) is 26.8 Å². The molecule has 0 aliphatic heterocycles. The molecule has 0 unspecified atom stereocenters. The van der Waals surface area contributed by atoms with Crippen LogP contribution in [0.1, 0.15) is 30.4 Å². The molecule has 1 heterocycles. The Morgan fingerprint density at radius 1 is 1.19 bits per heavy atom. The fraction of sp³-hybridized carbons (Fsp3) is 0.267. The van der Waals surface area contributed by atoms with Crippen molar-refractivity contribution in [2.75, 3.05) is 5.73 Å². The number of benzene rings is 1. The Morgan fingerprint density at radius 3 is 2.43 bits per heavy atom. The molecule has 0 saturated heterocycles. The Kier molecular flexibility index (Phi) is 4.51. The minimum Gasteiger partial charge on any atom is -0.456 e. The molecule has 2 aromatic rings. The van der Waals surface area contributed by atoms with Gasteiger partial charge in [0.15, 0.2) is 0 Å². The Balaban J connectivity index is 2.34. The number of rotatable bonds is 2. The van der Waals surface area contributed by atoms with Gasteiger partial charge in [-0.3, -0.25) is 0 Å². The van der Waals surface area contributed by atoms with E-state index in [4.69, 9.17) is 33.7 Å². The van der Waals surface area contributed by atoms with Gasteiger partial charge in [0.05, 0.1) is 15.7 Å². The monoisotopic (exact) mass is 343 g/mol. The lowest BCUT2D eigenvalue weighted by atomic mass is 10.2. The van der Waals surface area contributed by atoms with Crippen molar-refractivity contribution >= 4 is 46.2 Å². The van der Waals surface area contributed by atoms with Crippen LogP contribution in [0.3, 0.4) is 0 Å². The maximum Gasteiger partial charge on any atom is 0.350 e. The molecule has 2 N–H and O–H groups in total. The summed E-state index contributed by atoms with van der Waals surface area (Å²) in [4.78, 5) is 13.3. The van der Waals surface area contributed by atoms with Crippen LogP contribution >= 0.6 is 34.5 Å². The van der Waals surface area contributed by atoms with Gasteiger partial charge in [0, 0.05) is 4.88 Å². The number of esters is 1. The number of halogens is 2. The Morgan fingerprint density at radius 2 is 1.86 bits per heavy atom. The molecule has 1 aromatic carbocycles. The third-order valence-corrected chi connectivity index (χ3v) is 4.47. The second-order valence-electron chi connectivity index (χ2n) is 5.53. The van der Waals surface area contributed by atoms with E-state index in [0.717, 1.165) is 10.4 Å². The third-order valence-electron chi connectivity index (χ3n) is 2.55. The van der Waals surface area contributed by atoms with Gasteiger partial charge in [-0.25, -0.2) is 4.79 Å². The lowest BCUT2D eigenvalue weighted by Crippen LogP contribution is -2.23. The van der Waals surface area contributed by atoms with E-state index in [-0.39, 0.29) is 0 Å². The summed E-state index contributed by atoms with van der Waals surface area (Å²) in [6.07, 6.45) is 0. The second kappa shape index (κ2) is 5.87. The predicted molar refractivity (Wildman–Crippen MR) is 89.4 cm³/mol. The van der Waals surface area contributed by atoms with Crippen molar-refractivity contribution in [1.29, 1.82) is 0 Å². The van der Waals surface area contributed by atoms with Gasteiger partial charge in [0.2, 0.25) is 0 Å². The van der Waals surface area contributed by atoms with Crippen molar-refractivity contribution in [3.63, 3.8) is 0 Å². The highest BCUT2D eigenvalue weighted by Crippen LogP contribution is 2.36. The van der Waals surface area contributed by atoms with Gasteiger partial charge in [-0.1, -0.05) is 29.3 Å². The van der Waals surface area contributed by atoms with Gasteiger partial charge < -0.3 is 10.5 Å². The van der Waals surface area contributed by atoms with Crippen molar-refractivity contribution in [1.82, 2.24) is 0 Å². The number of nitrogens with two attached hydrogens (primary N) is 1. The largest absolute Gasteiger partial charge is 0.456 e. The van der Waals surface area contributed by atoms with Crippen molar-refractivity contribution in [3.05, 3.63) is 39.2 Å². The molecule has 0 amide bonds. The normalized spacial score (nSPS) is 11.5. The average molecular weight is 344 g/mol. The van der Waals surface area contributed by atoms with Crippen LogP contribution in [0.2, 0.25) is 10.0 Å². The van der Waals surface area contributed by atoms with E-state index in [1.165, 1.54) is 11.3 Å². The van der Waals surface area contributed by atoms with E-state index < -0.39 is 11.6 Å². The summed E-state index contributed by atoms with van der Waals surface area (Å²) in [6, 6.07) is 7.03. The van der Waals surface area contributed by atoms with Crippen LogP contribution in [-0.4, -0.2) is 11.6 Å². The molecule has 0 atom stereocenters. The zero-order valence-corrected chi connectivity index (χ0v) is 14.2. The maximum absolute atomic E-state index is 12.1. The minimum absolute atomic E-state index is 0.394. The summed E-state index contributed by atoms with van der Waals surface area (Å²) in [5, 5.41) is 0.942. The van der Waals surface area contributed by atoms with Crippen LogP contribution in [0.4, 0.5) is 5.69 Å². The molecule has 0 radical (unpaired) electrons. The molecule has 3 nitrogen and oxygen atoms in total. The fourth-order valence-electron chi connectivity index (χ4n) is 1.68. The van der Waals surface area contributed by atoms with Gasteiger partial charge in [-0.15, -0.1) is 11.3 Å². The first-order valence-corrected chi connectivity index (χ1v) is 7.83. The van der Waals surface area contributed by atoms with Crippen LogP contribution in [0.25, 0.3) is 10.4 Å². The number of hydrogen-bond acceptors (Lipinski definition) is 4. The van der Waals surface area contributed by atoms with Crippen LogP contribution < -0.4 is 5.73 Å². The van der Waals surface area contributed by atoms with Crippen LogP contribution in [0.15, 0.2) is 24.3 Å². The summed E-state index contributed by atoms with van der Waals surface area (Å²) < 4.78 is 5.34. The van der Waals surface area contributed by atoms with Crippen LogP contribution in [-0.2, 0) is 4.74 Å². The van der Waals surface area contributed by atoms with Crippen molar-refractivity contribution < 1.29 is 9.53 Å². The predicted octanol–water partition coefficient (Wildman–Crippen LogP) is 5.26. The van der Waals surface area contributed by atoms with Gasteiger partial charge >= 0.3 is 5.97 Å². The standard InChI is InChI=1S/C15H15Cl2NO2S/c1-15(2,3)20-14(19)13-11(18)7-12(21-13)8-4-5-9(16)10(17)6-8/h4-7H,18H2,1-3H3. The molecule has 1 aromatic heterocycles. The van der Waals surface area contributed by atoms with Gasteiger partial charge in [0.25, 0.3) is 0 Å². The zero-order chi connectivity index (χ0) is 15.8. The first-order valence-electron chi connectivity index (χ1n) is 6.25. The van der Waals surface area contributed by atoms with E-state index >= 15 is 0 Å². The summed E-state index contributed by atoms with van der Waals surface area (Å²) >= 11 is 13.2. The number of carbonyl (C=O) groups is 1. The van der Waals surface area contributed by atoms with Gasteiger partial charge in [0.1, 0.15) is 10.5 Å². The molecule has 0 bridgehead atoms. The van der Waals surface area contributed by atoms with Crippen molar-refractivity contribution in [2.45, 2.75) is 26.4 Å². The van der Waals surface area contributed by atoms with Crippen molar-refractivity contribution in [2.24, 2.45) is 0 Å². The van der Waals surface area contributed by atoms with Gasteiger partial charge in [-0.2, -0.15) is 0 Å². The molecule has 6 heteroatoms. The third kappa shape index (κ3) is 3.90. The summed E-state index contributed by atoms with van der Waals surface area (Å²) in [5.41, 5.74) is 6.61. The number of hydrogen-bond donors (Lipinski definition) is 1. The number of ether oxygens (including phenoxy) is 1. The highest BCUT2D eigenvalue weighted by Gasteiger charge is 2.22. The molecule has 21 heavy (non-hydrogen) atoms. The molecule has 0 aliphatic carbocycles. The Hall–Kier alpha value is -1.23. The summed E-state index contributed by atoms with van der Waals surface area (Å²) in [6.45, 7) is 5.44. The topological polar surface area (TPSA) is 52.3 Å². The van der Waals surface area contributed by atoms with E-state index in [9.17, 15) is 4.79 Å². The highest BCUT2D eigenvalue weighted by atomic mass is 35.5. The minimum atomic E-state index is -0.558. The maximum atomic E-state index is 12.1. The zero-order valence-electron chi connectivity index (χ0n) is 11.9. The molecular formula is C15H15Cl2NO2S. The van der Waals surface area contributed by atoms with E-state index in [2.05, 4.69) is 0 Å². The molecule has 112 valence electrons. The van der Waals surface area contributed by atoms with Crippen LogP contribution in [0.5, 0.6) is 0 Å². The first kappa shape index (κ1) is 16.1. The molecule has 0 fully saturated rings.